The van der Waals surface area contributed by atoms with Gasteiger partial charge >= 0.3 is 0 Å². The van der Waals surface area contributed by atoms with E-state index in [9.17, 15) is 4.79 Å². The minimum Gasteiger partial charge on any atom is -0.489 e. The number of anilines is 3. The summed E-state index contributed by atoms with van der Waals surface area (Å²) < 4.78 is 5.74. The number of aromatic nitrogens is 1. The van der Waals surface area contributed by atoms with E-state index < -0.39 is 0 Å². The van der Waals surface area contributed by atoms with Gasteiger partial charge in [0.05, 0.1) is 23.4 Å². The molecule has 0 radical (unpaired) electrons. The number of para-hydroxylation sites is 2. The summed E-state index contributed by atoms with van der Waals surface area (Å²) in [7, 11) is 0. The normalized spacial score (nSPS) is 10.2. The lowest BCUT2D eigenvalue weighted by atomic mass is 10.2. The van der Waals surface area contributed by atoms with E-state index in [2.05, 4.69) is 21.7 Å². The highest BCUT2D eigenvalue weighted by molar-refractivity contribution is 6.05. The molecular weight excluding hydrogens is 352 g/mol. The van der Waals surface area contributed by atoms with Crippen molar-refractivity contribution < 1.29 is 9.53 Å². The topological polar surface area (TPSA) is 87.0 Å². The summed E-state index contributed by atoms with van der Waals surface area (Å²) in [5.74, 6) is 0.858. The average molecular weight is 372 g/mol. The summed E-state index contributed by atoms with van der Waals surface area (Å²) in [4.78, 5) is 16.9. The van der Waals surface area contributed by atoms with Gasteiger partial charge in [0.15, 0.2) is 0 Å². The smallest absolute Gasteiger partial charge is 0.255 e. The van der Waals surface area contributed by atoms with Gasteiger partial charge in [0.1, 0.15) is 11.6 Å². The maximum absolute atomic E-state index is 12.7. The van der Waals surface area contributed by atoms with Crippen molar-refractivity contribution in [1.29, 1.82) is 5.26 Å². The van der Waals surface area contributed by atoms with E-state index in [0.717, 1.165) is 5.69 Å². The Kier molecular flexibility index (Phi) is 5.87. The van der Waals surface area contributed by atoms with Gasteiger partial charge in [0, 0.05) is 17.4 Å². The number of hydrogen-bond acceptors (Lipinski definition) is 5. The molecule has 6 heteroatoms. The number of nitrogens with one attached hydrogen (secondary N) is 2. The van der Waals surface area contributed by atoms with Crippen LogP contribution < -0.4 is 15.4 Å². The molecule has 0 aliphatic carbocycles. The van der Waals surface area contributed by atoms with Crippen molar-refractivity contribution in [1.82, 2.24) is 4.98 Å². The number of carbonyl (C=O) groups is 1. The van der Waals surface area contributed by atoms with Gasteiger partial charge in [-0.05, 0) is 56.3 Å². The van der Waals surface area contributed by atoms with Crippen molar-refractivity contribution in [2.75, 3.05) is 10.6 Å². The number of nitrogens with zero attached hydrogens (tertiary/aromatic N) is 2. The number of ether oxygens (including phenoxy) is 1. The van der Waals surface area contributed by atoms with E-state index in [4.69, 9.17) is 10.00 Å². The summed E-state index contributed by atoms with van der Waals surface area (Å²) in [5.41, 5.74) is 2.32. The summed E-state index contributed by atoms with van der Waals surface area (Å²) in [6.45, 7) is 3.86. The monoisotopic (exact) mass is 372 g/mol. The van der Waals surface area contributed by atoms with Crippen molar-refractivity contribution in [3.8, 4) is 11.8 Å². The summed E-state index contributed by atoms with van der Waals surface area (Å²) in [6.07, 6.45) is 1.56. The van der Waals surface area contributed by atoms with E-state index in [1.807, 2.05) is 38.1 Å². The Labute approximate surface area is 163 Å². The minimum absolute atomic E-state index is 0.000969. The molecule has 0 fully saturated rings. The van der Waals surface area contributed by atoms with Crippen LogP contribution in [0, 0.1) is 11.3 Å². The maximum atomic E-state index is 12.7. The zero-order chi connectivity index (χ0) is 19.9. The molecule has 140 valence electrons. The van der Waals surface area contributed by atoms with Crippen molar-refractivity contribution in [2.24, 2.45) is 0 Å². The number of carbonyl (C=O) groups excluding carboxylic acids is 1. The zero-order valence-electron chi connectivity index (χ0n) is 15.6. The largest absolute Gasteiger partial charge is 0.489 e. The number of nitriles is 1. The Balaban J connectivity index is 1.77. The first-order valence-corrected chi connectivity index (χ1v) is 8.85. The lowest BCUT2D eigenvalue weighted by molar-refractivity contribution is 0.102. The van der Waals surface area contributed by atoms with E-state index in [0.29, 0.717) is 28.4 Å². The first-order valence-electron chi connectivity index (χ1n) is 8.85. The van der Waals surface area contributed by atoms with Crippen molar-refractivity contribution >= 4 is 23.1 Å². The van der Waals surface area contributed by atoms with E-state index in [-0.39, 0.29) is 12.0 Å². The van der Waals surface area contributed by atoms with E-state index in [1.165, 1.54) is 0 Å². The molecule has 0 aliphatic rings. The van der Waals surface area contributed by atoms with Crippen LogP contribution in [-0.2, 0) is 0 Å². The van der Waals surface area contributed by atoms with Gasteiger partial charge < -0.3 is 15.4 Å². The molecular formula is C22H20N4O2. The second-order valence-corrected chi connectivity index (χ2v) is 6.36. The van der Waals surface area contributed by atoms with Crippen molar-refractivity contribution in [3.63, 3.8) is 0 Å². The summed E-state index contributed by atoms with van der Waals surface area (Å²) >= 11 is 0. The number of hydrogen-bond donors (Lipinski definition) is 2. The van der Waals surface area contributed by atoms with Gasteiger partial charge in [-0.3, -0.25) is 4.79 Å². The van der Waals surface area contributed by atoms with Gasteiger partial charge in [0.2, 0.25) is 0 Å². The third-order valence-electron chi connectivity index (χ3n) is 3.78. The van der Waals surface area contributed by atoms with Crippen LogP contribution in [0.1, 0.15) is 29.8 Å². The zero-order valence-corrected chi connectivity index (χ0v) is 15.6. The molecule has 0 spiro atoms. The highest BCUT2D eigenvalue weighted by Gasteiger charge is 2.12. The van der Waals surface area contributed by atoms with Crippen molar-refractivity contribution in [2.45, 2.75) is 20.0 Å². The Bertz CT molecular complexity index is 1020. The molecule has 1 aromatic heterocycles. The molecule has 6 nitrogen and oxygen atoms in total. The van der Waals surface area contributed by atoms with Gasteiger partial charge in [-0.15, -0.1) is 0 Å². The molecule has 1 amide bonds. The lowest BCUT2D eigenvalue weighted by Crippen LogP contribution is -2.14. The van der Waals surface area contributed by atoms with Crippen LogP contribution in [0.15, 0.2) is 66.9 Å². The van der Waals surface area contributed by atoms with E-state index in [1.54, 1.807) is 42.6 Å². The Hall–Kier alpha value is -3.85. The fourth-order valence-corrected chi connectivity index (χ4v) is 2.58. The Morgan fingerprint density at radius 3 is 2.71 bits per heavy atom. The molecule has 28 heavy (non-hydrogen) atoms. The fraction of sp³-hybridized carbons (Fsp3) is 0.136. The Morgan fingerprint density at radius 1 is 1.11 bits per heavy atom. The van der Waals surface area contributed by atoms with E-state index >= 15 is 0 Å². The van der Waals surface area contributed by atoms with Crippen molar-refractivity contribution in [3.05, 3.63) is 78.0 Å². The number of amides is 1. The molecule has 3 aromatic rings. The number of pyridine rings is 1. The highest BCUT2D eigenvalue weighted by atomic mass is 16.5. The van der Waals surface area contributed by atoms with Crippen LogP contribution in [0.25, 0.3) is 0 Å². The summed E-state index contributed by atoms with van der Waals surface area (Å²) in [5, 5.41) is 15.0. The molecule has 0 unspecified atom stereocenters. The quantitative estimate of drug-likeness (QED) is 0.653. The molecule has 1 heterocycles. The molecule has 0 aliphatic heterocycles. The molecule has 3 rings (SSSR count). The van der Waals surface area contributed by atoms with Crippen LogP contribution in [0.3, 0.4) is 0 Å². The third kappa shape index (κ3) is 4.86. The molecule has 2 N–H and O–H groups in total. The first kappa shape index (κ1) is 18.9. The average Bonchev–Trinajstić information content (AvgIpc) is 2.69. The van der Waals surface area contributed by atoms with Crippen LogP contribution >= 0.6 is 0 Å². The highest BCUT2D eigenvalue weighted by Crippen LogP contribution is 2.25. The molecule has 0 bridgehead atoms. The maximum Gasteiger partial charge on any atom is 0.255 e. The van der Waals surface area contributed by atoms with Gasteiger partial charge in [-0.2, -0.15) is 5.26 Å². The lowest BCUT2D eigenvalue weighted by Gasteiger charge is -2.15. The third-order valence-corrected chi connectivity index (χ3v) is 3.78. The molecule has 0 saturated carbocycles. The predicted octanol–water partition coefficient (Wildman–Crippen LogP) is 4.74. The van der Waals surface area contributed by atoms with Crippen LogP contribution in [0.4, 0.5) is 17.2 Å². The van der Waals surface area contributed by atoms with Gasteiger partial charge in [-0.25, -0.2) is 4.98 Å². The van der Waals surface area contributed by atoms with Crippen LogP contribution in [0.2, 0.25) is 0 Å². The minimum atomic E-state index is -0.268. The molecule has 2 aromatic carbocycles. The number of rotatable bonds is 6. The standard InChI is InChI=1S/C22H20N4O2/c1-15(2)28-20-9-4-3-8-19(20)26-22(27)17-10-11-24-21(13-17)25-18-7-5-6-16(12-18)14-23/h3-13,15H,1-2H3,(H,24,25)(H,26,27). The van der Waals surface area contributed by atoms with Gasteiger partial charge in [0.25, 0.3) is 5.91 Å². The van der Waals surface area contributed by atoms with Gasteiger partial charge in [-0.1, -0.05) is 18.2 Å². The predicted molar refractivity (Wildman–Crippen MR) is 109 cm³/mol. The second kappa shape index (κ2) is 8.69. The first-order chi connectivity index (χ1) is 13.5. The number of benzene rings is 2. The SMILES string of the molecule is CC(C)Oc1ccccc1NC(=O)c1ccnc(Nc2cccc(C#N)c2)c1. The molecule has 0 saturated heterocycles. The Morgan fingerprint density at radius 2 is 1.93 bits per heavy atom. The van der Waals surface area contributed by atoms with Crippen LogP contribution in [-0.4, -0.2) is 17.0 Å². The molecule has 0 atom stereocenters. The second-order valence-electron chi connectivity index (χ2n) is 6.36. The fourth-order valence-electron chi connectivity index (χ4n) is 2.58. The van der Waals surface area contributed by atoms with Crippen LogP contribution in [0.5, 0.6) is 5.75 Å². The summed E-state index contributed by atoms with van der Waals surface area (Å²) in [6, 6.07) is 19.7.